The van der Waals surface area contributed by atoms with Gasteiger partial charge in [-0.1, -0.05) is 0 Å². The summed E-state index contributed by atoms with van der Waals surface area (Å²) in [5.74, 6) is 0.445. The fourth-order valence-corrected chi connectivity index (χ4v) is 3.97. The molecule has 0 unspecified atom stereocenters. The second-order valence-corrected chi connectivity index (χ2v) is 7.02. The first kappa shape index (κ1) is 17.9. The van der Waals surface area contributed by atoms with Crippen molar-refractivity contribution in [3.05, 3.63) is 17.0 Å². The van der Waals surface area contributed by atoms with Crippen LogP contribution in [0.25, 0.3) is 0 Å². The lowest BCUT2D eigenvalue weighted by molar-refractivity contribution is -0.149. The number of aliphatic hydroxyl groups excluding tert-OH is 1. The molecule has 7 nitrogen and oxygen atoms in total. The SMILES string of the molecule is CCOC(=O)C1CCC(CC(=O)N2CCc3c(CO)n[nH]c3C2)CC1. The smallest absolute Gasteiger partial charge is 0.308 e. The predicted molar refractivity (Wildman–Crippen MR) is 90.3 cm³/mol. The summed E-state index contributed by atoms with van der Waals surface area (Å²) in [6, 6.07) is 0. The number of nitrogens with zero attached hydrogens (tertiary/aromatic N) is 2. The number of esters is 1. The second-order valence-electron chi connectivity index (χ2n) is 7.02. The number of ether oxygens (including phenoxy) is 1. The lowest BCUT2D eigenvalue weighted by atomic mass is 9.80. The highest BCUT2D eigenvalue weighted by molar-refractivity contribution is 5.77. The zero-order chi connectivity index (χ0) is 17.8. The molecular weight excluding hydrogens is 322 g/mol. The van der Waals surface area contributed by atoms with Crippen LogP contribution in [0.15, 0.2) is 0 Å². The first-order chi connectivity index (χ1) is 12.1. The number of H-pyrrole nitrogens is 1. The minimum Gasteiger partial charge on any atom is -0.466 e. The van der Waals surface area contributed by atoms with E-state index < -0.39 is 0 Å². The van der Waals surface area contributed by atoms with Crippen molar-refractivity contribution in [1.82, 2.24) is 15.1 Å². The molecule has 1 aliphatic heterocycles. The number of aliphatic hydroxyl groups is 1. The van der Waals surface area contributed by atoms with Gasteiger partial charge in [-0.15, -0.1) is 0 Å². The van der Waals surface area contributed by atoms with Gasteiger partial charge in [0.1, 0.15) is 0 Å². The topological polar surface area (TPSA) is 95.5 Å². The third-order valence-electron chi connectivity index (χ3n) is 5.45. The zero-order valence-electron chi connectivity index (χ0n) is 14.8. The quantitative estimate of drug-likeness (QED) is 0.786. The fourth-order valence-electron chi connectivity index (χ4n) is 3.97. The van der Waals surface area contributed by atoms with Crippen LogP contribution >= 0.6 is 0 Å². The molecule has 138 valence electrons. The number of carbonyl (C=O) groups is 2. The number of nitrogens with one attached hydrogen (secondary N) is 1. The maximum atomic E-state index is 12.6. The van der Waals surface area contributed by atoms with Crippen molar-refractivity contribution in [3.8, 4) is 0 Å². The van der Waals surface area contributed by atoms with Gasteiger partial charge in [-0.3, -0.25) is 14.7 Å². The number of rotatable bonds is 5. The average Bonchev–Trinajstić information content (AvgIpc) is 3.04. The molecule has 3 rings (SSSR count). The van der Waals surface area contributed by atoms with E-state index in [2.05, 4.69) is 10.2 Å². The minimum absolute atomic E-state index is 0.00532. The van der Waals surface area contributed by atoms with Crippen LogP contribution in [0, 0.1) is 11.8 Å². The fraction of sp³-hybridized carbons (Fsp3) is 0.722. The third-order valence-corrected chi connectivity index (χ3v) is 5.45. The number of hydrogen-bond acceptors (Lipinski definition) is 5. The standard InChI is InChI=1S/C18H27N3O4/c1-2-25-18(24)13-5-3-12(4-6-13)9-17(23)21-8-7-14-15(10-21)19-20-16(14)11-22/h12-13,22H,2-11H2,1H3,(H,19,20). The predicted octanol–water partition coefficient (Wildman–Crippen LogP) is 1.55. The Labute approximate surface area is 147 Å². The van der Waals surface area contributed by atoms with Crippen molar-refractivity contribution in [3.63, 3.8) is 0 Å². The van der Waals surface area contributed by atoms with Gasteiger partial charge in [0.2, 0.25) is 5.91 Å². The van der Waals surface area contributed by atoms with Gasteiger partial charge < -0.3 is 14.7 Å². The normalized spacial score (nSPS) is 23.2. The first-order valence-corrected chi connectivity index (χ1v) is 9.22. The molecule has 0 bridgehead atoms. The number of hydrogen-bond donors (Lipinski definition) is 2. The van der Waals surface area contributed by atoms with Gasteiger partial charge in [-0.25, -0.2) is 0 Å². The summed E-state index contributed by atoms with van der Waals surface area (Å²) in [7, 11) is 0. The second kappa shape index (κ2) is 7.99. The maximum absolute atomic E-state index is 12.6. The van der Waals surface area contributed by atoms with E-state index in [9.17, 15) is 14.7 Å². The van der Waals surface area contributed by atoms with Crippen LogP contribution in [0.3, 0.4) is 0 Å². The van der Waals surface area contributed by atoms with Crippen molar-refractivity contribution in [2.24, 2.45) is 11.8 Å². The van der Waals surface area contributed by atoms with Crippen molar-refractivity contribution < 1.29 is 19.4 Å². The molecule has 0 aromatic carbocycles. The van der Waals surface area contributed by atoms with Crippen LogP contribution in [0.5, 0.6) is 0 Å². The molecule has 1 amide bonds. The molecule has 7 heteroatoms. The molecule has 2 heterocycles. The van der Waals surface area contributed by atoms with Gasteiger partial charge >= 0.3 is 5.97 Å². The molecule has 1 fully saturated rings. The third kappa shape index (κ3) is 4.03. The van der Waals surface area contributed by atoms with Crippen LogP contribution in [-0.4, -0.2) is 45.2 Å². The Morgan fingerprint density at radius 2 is 2.08 bits per heavy atom. The van der Waals surface area contributed by atoms with E-state index in [4.69, 9.17) is 4.74 Å². The Hall–Kier alpha value is -1.89. The summed E-state index contributed by atoms with van der Waals surface area (Å²) in [6.45, 7) is 3.41. The Bertz CT molecular complexity index is 620. The van der Waals surface area contributed by atoms with E-state index in [1.54, 1.807) is 0 Å². The van der Waals surface area contributed by atoms with E-state index in [1.807, 2.05) is 11.8 Å². The van der Waals surface area contributed by atoms with Gasteiger partial charge in [0.25, 0.3) is 0 Å². The van der Waals surface area contributed by atoms with Crippen LogP contribution in [0.4, 0.5) is 0 Å². The molecule has 25 heavy (non-hydrogen) atoms. The van der Waals surface area contributed by atoms with E-state index in [0.29, 0.717) is 37.7 Å². The average molecular weight is 349 g/mol. The zero-order valence-corrected chi connectivity index (χ0v) is 14.8. The van der Waals surface area contributed by atoms with Crippen LogP contribution in [0.1, 0.15) is 56.0 Å². The Morgan fingerprint density at radius 3 is 2.76 bits per heavy atom. The summed E-state index contributed by atoms with van der Waals surface area (Å²) in [5, 5.41) is 16.3. The summed E-state index contributed by atoms with van der Waals surface area (Å²) in [4.78, 5) is 26.3. The Balaban J connectivity index is 1.48. The number of aromatic nitrogens is 2. The molecule has 0 radical (unpaired) electrons. The Kier molecular flexibility index (Phi) is 5.73. The highest BCUT2D eigenvalue weighted by Crippen LogP contribution is 2.32. The minimum atomic E-state index is -0.0882. The molecule has 2 N–H and O–H groups in total. The molecule has 2 aliphatic rings. The van der Waals surface area contributed by atoms with Crippen LogP contribution in [-0.2, 0) is 33.9 Å². The Morgan fingerprint density at radius 1 is 1.32 bits per heavy atom. The summed E-state index contributed by atoms with van der Waals surface area (Å²) >= 11 is 0. The highest BCUT2D eigenvalue weighted by Gasteiger charge is 2.30. The summed E-state index contributed by atoms with van der Waals surface area (Å²) < 4.78 is 5.10. The van der Waals surface area contributed by atoms with Gasteiger partial charge in [-0.2, -0.15) is 5.10 Å². The molecule has 1 aromatic heterocycles. The molecule has 0 saturated heterocycles. The monoisotopic (exact) mass is 349 g/mol. The molecular formula is C18H27N3O4. The maximum Gasteiger partial charge on any atom is 0.308 e. The van der Waals surface area contributed by atoms with E-state index in [1.165, 1.54) is 0 Å². The van der Waals surface area contributed by atoms with Crippen molar-refractivity contribution in [1.29, 1.82) is 0 Å². The van der Waals surface area contributed by atoms with Gasteiger partial charge in [-0.05, 0) is 44.9 Å². The van der Waals surface area contributed by atoms with Crippen molar-refractivity contribution in [2.75, 3.05) is 13.2 Å². The van der Waals surface area contributed by atoms with Gasteiger partial charge in [0, 0.05) is 18.5 Å². The number of aromatic amines is 1. The van der Waals surface area contributed by atoms with E-state index in [-0.39, 0.29) is 24.4 Å². The lowest BCUT2D eigenvalue weighted by Crippen LogP contribution is -2.37. The molecule has 1 aliphatic carbocycles. The number of carbonyl (C=O) groups excluding carboxylic acids is 2. The first-order valence-electron chi connectivity index (χ1n) is 9.22. The number of amides is 1. The molecule has 0 spiro atoms. The summed E-state index contributed by atoms with van der Waals surface area (Å²) in [5.41, 5.74) is 2.69. The van der Waals surface area contributed by atoms with E-state index >= 15 is 0 Å². The van der Waals surface area contributed by atoms with Crippen molar-refractivity contribution in [2.45, 2.75) is 58.6 Å². The molecule has 1 saturated carbocycles. The van der Waals surface area contributed by atoms with E-state index in [0.717, 1.165) is 43.4 Å². The summed E-state index contributed by atoms with van der Waals surface area (Å²) in [6.07, 6.45) is 4.75. The lowest BCUT2D eigenvalue weighted by Gasteiger charge is -2.31. The van der Waals surface area contributed by atoms with Crippen molar-refractivity contribution >= 4 is 11.9 Å². The van der Waals surface area contributed by atoms with Crippen LogP contribution < -0.4 is 0 Å². The van der Waals surface area contributed by atoms with Gasteiger partial charge in [0.15, 0.2) is 0 Å². The van der Waals surface area contributed by atoms with Crippen LogP contribution in [0.2, 0.25) is 0 Å². The molecule has 1 aromatic rings. The molecule has 0 atom stereocenters. The number of fused-ring (bicyclic) bond motifs is 1. The van der Waals surface area contributed by atoms with Gasteiger partial charge in [0.05, 0.1) is 37.1 Å². The largest absolute Gasteiger partial charge is 0.466 e. The highest BCUT2D eigenvalue weighted by atomic mass is 16.5.